The maximum Gasteiger partial charge on any atom is 0.297 e. The average molecular weight is 361 g/mol. The Morgan fingerprint density at radius 1 is 1.08 bits per heavy atom. The van der Waals surface area contributed by atoms with Gasteiger partial charge in [0, 0.05) is 6.20 Å². The van der Waals surface area contributed by atoms with Crippen LogP contribution in [-0.4, -0.2) is 23.6 Å². The third-order valence-corrected chi connectivity index (χ3v) is 5.75. The highest BCUT2D eigenvalue weighted by atomic mass is 32.2. The zero-order valence-corrected chi connectivity index (χ0v) is 14.7. The molecule has 24 heavy (non-hydrogen) atoms. The van der Waals surface area contributed by atoms with E-state index in [1.54, 1.807) is 25.3 Å². The molecule has 3 rings (SSSR count). The normalized spacial score (nSPS) is 12.9. The van der Waals surface area contributed by atoms with E-state index in [2.05, 4.69) is 15.2 Å². The Balaban J connectivity index is 1.79. The Kier molecular flexibility index (Phi) is 4.70. The molecule has 0 bridgehead atoms. The molecule has 6 nitrogen and oxygen atoms in total. The second kappa shape index (κ2) is 6.76. The van der Waals surface area contributed by atoms with Crippen LogP contribution < -0.4 is 0 Å². The van der Waals surface area contributed by atoms with Gasteiger partial charge in [-0.2, -0.15) is 8.42 Å². The zero-order chi connectivity index (χ0) is 17.2. The van der Waals surface area contributed by atoms with E-state index in [1.165, 1.54) is 23.5 Å². The van der Waals surface area contributed by atoms with E-state index < -0.39 is 16.2 Å². The lowest BCUT2D eigenvalue weighted by Crippen LogP contribution is -2.10. The molecule has 3 aromatic rings. The number of hydrogen-bond acceptors (Lipinski definition) is 7. The zero-order valence-electron chi connectivity index (χ0n) is 13.1. The molecule has 0 fully saturated rings. The summed E-state index contributed by atoms with van der Waals surface area (Å²) in [7, 11) is -3.86. The van der Waals surface area contributed by atoms with Gasteiger partial charge in [0.1, 0.15) is 16.8 Å². The molecule has 124 valence electrons. The molecule has 0 aliphatic heterocycles. The van der Waals surface area contributed by atoms with Gasteiger partial charge in [-0.3, -0.25) is 9.17 Å². The van der Waals surface area contributed by atoms with Crippen LogP contribution in [0.3, 0.4) is 0 Å². The minimum Gasteiger partial charge on any atom is -0.256 e. The summed E-state index contributed by atoms with van der Waals surface area (Å²) in [6.45, 7) is 3.52. The summed E-state index contributed by atoms with van der Waals surface area (Å²) in [5.74, 6) is 0. The van der Waals surface area contributed by atoms with Gasteiger partial charge in [-0.15, -0.1) is 10.2 Å². The van der Waals surface area contributed by atoms with E-state index in [0.29, 0.717) is 15.7 Å². The first-order chi connectivity index (χ1) is 11.5. The van der Waals surface area contributed by atoms with Gasteiger partial charge < -0.3 is 0 Å². The van der Waals surface area contributed by atoms with Crippen LogP contribution in [0, 0.1) is 6.92 Å². The highest BCUT2D eigenvalue weighted by Crippen LogP contribution is 2.29. The van der Waals surface area contributed by atoms with Crippen LogP contribution in [0.2, 0.25) is 0 Å². The fraction of sp³-hybridized carbons (Fsp3) is 0.188. The minimum absolute atomic E-state index is 0.120. The van der Waals surface area contributed by atoms with Crippen LogP contribution in [0.4, 0.5) is 0 Å². The molecule has 2 heterocycles. The van der Waals surface area contributed by atoms with Gasteiger partial charge in [0.25, 0.3) is 10.1 Å². The number of aryl methyl sites for hydroxylation is 1. The summed E-state index contributed by atoms with van der Waals surface area (Å²) >= 11 is 1.26. The van der Waals surface area contributed by atoms with Gasteiger partial charge in [0.2, 0.25) is 0 Å². The van der Waals surface area contributed by atoms with Gasteiger partial charge in [0.05, 0.1) is 4.90 Å². The Labute approximate surface area is 144 Å². The van der Waals surface area contributed by atoms with Crippen molar-refractivity contribution in [2.75, 3.05) is 0 Å². The van der Waals surface area contributed by atoms with E-state index in [-0.39, 0.29) is 4.90 Å². The third kappa shape index (κ3) is 3.66. The van der Waals surface area contributed by atoms with Gasteiger partial charge in [0.15, 0.2) is 5.01 Å². The third-order valence-electron chi connectivity index (χ3n) is 3.25. The summed E-state index contributed by atoms with van der Waals surface area (Å²) < 4.78 is 29.9. The quantitative estimate of drug-likeness (QED) is 0.648. The van der Waals surface area contributed by atoms with E-state index in [0.717, 1.165) is 5.56 Å². The second-order valence-corrected chi connectivity index (χ2v) is 7.75. The first kappa shape index (κ1) is 16.7. The molecule has 0 spiro atoms. The fourth-order valence-electron chi connectivity index (χ4n) is 1.98. The summed E-state index contributed by atoms with van der Waals surface area (Å²) in [5.41, 5.74) is 1.67. The lowest BCUT2D eigenvalue weighted by atomic mass is 10.2. The van der Waals surface area contributed by atoms with E-state index in [4.69, 9.17) is 4.18 Å². The molecule has 1 aromatic carbocycles. The van der Waals surface area contributed by atoms with Crippen LogP contribution in [0.5, 0.6) is 0 Å². The largest absolute Gasteiger partial charge is 0.297 e. The average Bonchev–Trinajstić information content (AvgIpc) is 3.06. The number of nitrogens with zero attached hydrogens (tertiary/aromatic N) is 3. The SMILES string of the molecule is Cc1ccc(S(=O)(=O)O[C@H](C)c2nnc(-c3ccccn3)s2)cc1. The van der Waals surface area contributed by atoms with Crippen molar-refractivity contribution in [2.45, 2.75) is 24.8 Å². The van der Waals surface area contributed by atoms with Gasteiger partial charge in [-0.05, 0) is 38.1 Å². The van der Waals surface area contributed by atoms with Crippen molar-refractivity contribution in [3.8, 4) is 10.7 Å². The minimum atomic E-state index is -3.86. The Morgan fingerprint density at radius 2 is 1.83 bits per heavy atom. The van der Waals surface area contributed by atoms with E-state index in [9.17, 15) is 8.42 Å². The highest BCUT2D eigenvalue weighted by Gasteiger charge is 2.23. The number of aromatic nitrogens is 3. The van der Waals surface area contributed by atoms with Crippen LogP contribution in [0.15, 0.2) is 53.6 Å². The molecule has 2 aromatic heterocycles. The second-order valence-electron chi connectivity index (χ2n) is 5.17. The van der Waals surface area contributed by atoms with Crippen molar-refractivity contribution in [1.82, 2.24) is 15.2 Å². The topological polar surface area (TPSA) is 82.0 Å². The standard InChI is InChI=1S/C16H15N3O3S2/c1-11-6-8-13(9-7-11)24(20,21)22-12(2)15-18-19-16(23-15)14-5-3-4-10-17-14/h3-10,12H,1-2H3/t12-/m1/s1. The molecule has 0 aliphatic rings. The predicted octanol–water partition coefficient (Wildman–Crippen LogP) is 3.38. The first-order valence-corrected chi connectivity index (χ1v) is 9.43. The lowest BCUT2D eigenvalue weighted by molar-refractivity contribution is 0.232. The van der Waals surface area contributed by atoms with Gasteiger partial charge >= 0.3 is 0 Å². The molecule has 1 atom stereocenters. The summed E-state index contributed by atoms with van der Waals surface area (Å²) in [6.07, 6.45) is 0.935. The molecule has 0 saturated heterocycles. The molecule has 8 heteroatoms. The van der Waals surface area contributed by atoms with E-state index >= 15 is 0 Å². The van der Waals surface area contributed by atoms with Crippen LogP contribution in [-0.2, 0) is 14.3 Å². The summed E-state index contributed by atoms with van der Waals surface area (Å²) in [5, 5.41) is 9.17. The molecule has 0 N–H and O–H groups in total. The molecular weight excluding hydrogens is 346 g/mol. The number of benzene rings is 1. The van der Waals surface area contributed by atoms with Crippen molar-refractivity contribution in [3.05, 3.63) is 59.2 Å². The number of rotatable bonds is 5. The number of pyridine rings is 1. The number of hydrogen-bond donors (Lipinski definition) is 0. The van der Waals surface area contributed by atoms with Crippen LogP contribution in [0.25, 0.3) is 10.7 Å². The first-order valence-electron chi connectivity index (χ1n) is 7.20. The Bertz CT molecular complexity index is 923. The van der Waals surface area contributed by atoms with Crippen molar-refractivity contribution in [2.24, 2.45) is 0 Å². The fourth-order valence-corrected chi connectivity index (χ4v) is 3.90. The summed E-state index contributed by atoms with van der Waals surface area (Å²) in [4.78, 5) is 4.32. The molecule has 0 amide bonds. The van der Waals surface area contributed by atoms with Crippen molar-refractivity contribution < 1.29 is 12.6 Å². The van der Waals surface area contributed by atoms with Crippen LogP contribution in [0.1, 0.15) is 23.6 Å². The maximum absolute atomic E-state index is 12.3. The Morgan fingerprint density at radius 3 is 2.50 bits per heavy atom. The smallest absolute Gasteiger partial charge is 0.256 e. The van der Waals surface area contributed by atoms with Crippen molar-refractivity contribution in [3.63, 3.8) is 0 Å². The van der Waals surface area contributed by atoms with Gasteiger partial charge in [-0.25, -0.2) is 0 Å². The lowest BCUT2D eigenvalue weighted by Gasteiger charge is -2.10. The van der Waals surface area contributed by atoms with Gasteiger partial charge in [-0.1, -0.05) is 35.1 Å². The Hall–Kier alpha value is -2.16. The molecular formula is C16H15N3O3S2. The van der Waals surface area contributed by atoms with Crippen molar-refractivity contribution in [1.29, 1.82) is 0 Å². The predicted molar refractivity (Wildman–Crippen MR) is 91.0 cm³/mol. The monoisotopic (exact) mass is 361 g/mol. The molecule has 0 saturated carbocycles. The summed E-state index contributed by atoms with van der Waals surface area (Å²) in [6, 6.07) is 12.0. The highest BCUT2D eigenvalue weighted by molar-refractivity contribution is 7.86. The molecule has 0 unspecified atom stereocenters. The molecule has 0 aliphatic carbocycles. The van der Waals surface area contributed by atoms with E-state index in [1.807, 2.05) is 25.1 Å². The maximum atomic E-state index is 12.3. The molecule has 0 radical (unpaired) electrons. The van der Waals surface area contributed by atoms with Crippen molar-refractivity contribution >= 4 is 21.5 Å². The van der Waals surface area contributed by atoms with Crippen LogP contribution >= 0.6 is 11.3 Å².